The quantitative estimate of drug-likeness (QED) is 0.731. The van der Waals surface area contributed by atoms with Crippen molar-refractivity contribution in [3.8, 4) is 11.8 Å². The normalized spacial score (nSPS) is 11.3. The zero-order valence-corrected chi connectivity index (χ0v) is 8.16. The Morgan fingerprint density at radius 2 is 2.07 bits per heavy atom. The molecule has 1 aromatic carbocycles. The van der Waals surface area contributed by atoms with E-state index in [9.17, 15) is 4.79 Å². The SMILES string of the molecule is CC#CCC(=O)C(N)c1ccccc1. The summed E-state index contributed by atoms with van der Waals surface area (Å²) in [5, 5.41) is 0. The Hall–Kier alpha value is -1.59. The van der Waals surface area contributed by atoms with Gasteiger partial charge in [0.1, 0.15) is 0 Å². The lowest BCUT2D eigenvalue weighted by atomic mass is 10.0. The van der Waals surface area contributed by atoms with Crippen LogP contribution in [0.25, 0.3) is 0 Å². The lowest BCUT2D eigenvalue weighted by molar-refractivity contribution is -0.119. The van der Waals surface area contributed by atoms with Crippen LogP contribution in [0.1, 0.15) is 24.9 Å². The molecular formula is C12H13NO. The van der Waals surface area contributed by atoms with Gasteiger partial charge in [0.15, 0.2) is 5.78 Å². The molecule has 0 saturated heterocycles. The van der Waals surface area contributed by atoms with Crippen molar-refractivity contribution >= 4 is 5.78 Å². The van der Waals surface area contributed by atoms with Crippen molar-refractivity contribution in [3.63, 3.8) is 0 Å². The van der Waals surface area contributed by atoms with E-state index in [0.29, 0.717) is 0 Å². The number of rotatable bonds is 3. The van der Waals surface area contributed by atoms with Gasteiger partial charge in [0.05, 0.1) is 12.5 Å². The van der Waals surface area contributed by atoms with Crippen LogP contribution in [-0.2, 0) is 4.79 Å². The molecule has 0 aliphatic heterocycles. The number of ketones is 1. The van der Waals surface area contributed by atoms with Crippen LogP contribution in [0, 0.1) is 11.8 Å². The summed E-state index contributed by atoms with van der Waals surface area (Å²) in [5.41, 5.74) is 6.60. The van der Waals surface area contributed by atoms with Gasteiger partial charge in [-0.1, -0.05) is 36.3 Å². The van der Waals surface area contributed by atoms with Crippen LogP contribution in [0.3, 0.4) is 0 Å². The topological polar surface area (TPSA) is 43.1 Å². The number of hydrogen-bond donors (Lipinski definition) is 1. The van der Waals surface area contributed by atoms with Crippen molar-refractivity contribution in [2.75, 3.05) is 0 Å². The fourth-order valence-corrected chi connectivity index (χ4v) is 1.13. The van der Waals surface area contributed by atoms with E-state index in [1.165, 1.54) is 0 Å². The summed E-state index contributed by atoms with van der Waals surface area (Å²) in [6, 6.07) is 8.79. The molecule has 0 aliphatic rings. The Bertz CT molecular complexity index is 359. The number of benzene rings is 1. The van der Waals surface area contributed by atoms with Gasteiger partial charge in [-0.3, -0.25) is 4.79 Å². The Morgan fingerprint density at radius 1 is 1.43 bits per heavy atom. The second-order valence-corrected chi connectivity index (χ2v) is 2.96. The number of carbonyl (C=O) groups excluding carboxylic acids is 1. The van der Waals surface area contributed by atoms with Crippen molar-refractivity contribution in [2.24, 2.45) is 5.73 Å². The van der Waals surface area contributed by atoms with Gasteiger partial charge in [-0.25, -0.2) is 0 Å². The van der Waals surface area contributed by atoms with E-state index in [0.717, 1.165) is 5.56 Å². The molecule has 1 unspecified atom stereocenters. The molecule has 1 aromatic rings. The first-order chi connectivity index (χ1) is 6.75. The highest BCUT2D eigenvalue weighted by molar-refractivity contribution is 5.86. The molecule has 0 aromatic heterocycles. The molecule has 2 heteroatoms. The minimum absolute atomic E-state index is 0.0365. The summed E-state index contributed by atoms with van der Waals surface area (Å²) in [7, 11) is 0. The van der Waals surface area contributed by atoms with E-state index in [2.05, 4.69) is 11.8 Å². The standard InChI is InChI=1S/C12H13NO/c1-2-3-9-11(14)12(13)10-7-5-4-6-8-10/h4-8,12H,9,13H2,1H3. The Balaban J connectivity index is 2.69. The van der Waals surface area contributed by atoms with Crippen molar-refractivity contribution in [1.82, 2.24) is 0 Å². The first-order valence-electron chi connectivity index (χ1n) is 4.48. The zero-order chi connectivity index (χ0) is 10.4. The molecular weight excluding hydrogens is 174 g/mol. The van der Waals surface area contributed by atoms with Gasteiger partial charge in [-0.2, -0.15) is 0 Å². The molecule has 2 nitrogen and oxygen atoms in total. The molecule has 1 atom stereocenters. The molecule has 14 heavy (non-hydrogen) atoms. The molecule has 0 radical (unpaired) electrons. The average molecular weight is 187 g/mol. The van der Waals surface area contributed by atoms with E-state index in [1.54, 1.807) is 6.92 Å². The predicted octanol–water partition coefficient (Wildman–Crippen LogP) is 1.67. The van der Waals surface area contributed by atoms with Gasteiger partial charge in [0.2, 0.25) is 0 Å². The molecule has 0 spiro atoms. The number of Topliss-reactive ketones (excluding diaryl/α,β-unsaturated/α-hetero) is 1. The monoisotopic (exact) mass is 187 g/mol. The maximum atomic E-state index is 11.5. The lowest BCUT2D eigenvalue weighted by Gasteiger charge is -2.08. The summed E-state index contributed by atoms with van der Waals surface area (Å²) in [4.78, 5) is 11.5. The number of carbonyl (C=O) groups is 1. The highest BCUT2D eigenvalue weighted by atomic mass is 16.1. The lowest BCUT2D eigenvalue weighted by Crippen LogP contribution is -2.20. The van der Waals surface area contributed by atoms with Gasteiger partial charge in [-0.15, -0.1) is 5.92 Å². The fraction of sp³-hybridized carbons (Fsp3) is 0.250. The minimum atomic E-state index is -0.544. The molecule has 0 fully saturated rings. The third kappa shape index (κ3) is 2.72. The largest absolute Gasteiger partial charge is 0.318 e. The van der Waals surface area contributed by atoms with E-state index in [-0.39, 0.29) is 12.2 Å². The second kappa shape index (κ2) is 5.21. The highest BCUT2D eigenvalue weighted by Crippen LogP contribution is 2.11. The Kier molecular flexibility index (Phi) is 3.90. The summed E-state index contributed by atoms with van der Waals surface area (Å²) >= 11 is 0. The first-order valence-corrected chi connectivity index (χ1v) is 4.48. The van der Waals surface area contributed by atoms with Gasteiger partial charge >= 0.3 is 0 Å². The fourth-order valence-electron chi connectivity index (χ4n) is 1.13. The summed E-state index contributed by atoms with van der Waals surface area (Å²) in [5.74, 6) is 5.36. The van der Waals surface area contributed by atoms with Gasteiger partial charge in [-0.05, 0) is 12.5 Å². The van der Waals surface area contributed by atoms with Crippen molar-refractivity contribution in [1.29, 1.82) is 0 Å². The Morgan fingerprint density at radius 3 is 2.64 bits per heavy atom. The van der Waals surface area contributed by atoms with Crippen LogP contribution in [0.15, 0.2) is 30.3 Å². The van der Waals surface area contributed by atoms with Crippen LogP contribution >= 0.6 is 0 Å². The molecule has 1 rings (SSSR count). The van der Waals surface area contributed by atoms with E-state index >= 15 is 0 Å². The van der Waals surface area contributed by atoms with Gasteiger partial charge < -0.3 is 5.73 Å². The van der Waals surface area contributed by atoms with Crippen LogP contribution < -0.4 is 5.73 Å². The molecule has 0 amide bonds. The van der Waals surface area contributed by atoms with Crippen molar-refractivity contribution in [3.05, 3.63) is 35.9 Å². The average Bonchev–Trinajstić information content (AvgIpc) is 2.26. The highest BCUT2D eigenvalue weighted by Gasteiger charge is 2.13. The van der Waals surface area contributed by atoms with E-state index < -0.39 is 6.04 Å². The van der Waals surface area contributed by atoms with Crippen LogP contribution in [-0.4, -0.2) is 5.78 Å². The van der Waals surface area contributed by atoms with Crippen LogP contribution in [0.2, 0.25) is 0 Å². The maximum Gasteiger partial charge on any atom is 0.165 e. The third-order valence-corrected chi connectivity index (χ3v) is 1.94. The summed E-state index contributed by atoms with van der Waals surface area (Å²) in [6.07, 6.45) is 0.229. The van der Waals surface area contributed by atoms with Crippen LogP contribution in [0.4, 0.5) is 0 Å². The van der Waals surface area contributed by atoms with Gasteiger partial charge in [0, 0.05) is 0 Å². The maximum absolute atomic E-state index is 11.5. The third-order valence-electron chi connectivity index (χ3n) is 1.94. The molecule has 0 aliphatic carbocycles. The minimum Gasteiger partial charge on any atom is -0.318 e. The van der Waals surface area contributed by atoms with E-state index in [1.807, 2.05) is 30.3 Å². The molecule has 72 valence electrons. The molecule has 0 heterocycles. The number of nitrogens with two attached hydrogens (primary N) is 1. The summed E-state index contributed by atoms with van der Waals surface area (Å²) in [6.45, 7) is 1.71. The molecule has 0 bridgehead atoms. The van der Waals surface area contributed by atoms with Gasteiger partial charge in [0.25, 0.3) is 0 Å². The predicted molar refractivity (Wildman–Crippen MR) is 56.4 cm³/mol. The van der Waals surface area contributed by atoms with Crippen molar-refractivity contribution in [2.45, 2.75) is 19.4 Å². The van der Waals surface area contributed by atoms with E-state index in [4.69, 9.17) is 5.73 Å². The Labute approximate surface area is 84.1 Å². The molecule has 2 N–H and O–H groups in total. The summed E-state index contributed by atoms with van der Waals surface area (Å²) < 4.78 is 0. The number of hydrogen-bond acceptors (Lipinski definition) is 2. The van der Waals surface area contributed by atoms with Crippen molar-refractivity contribution < 1.29 is 4.79 Å². The zero-order valence-electron chi connectivity index (χ0n) is 8.16. The van der Waals surface area contributed by atoms with Crippen LogP contribution in [0.5, 0.6) is 0 Å². The molecule has 0 saturated carbocycles. The first kappa shape index (κ1) is 10.5. The smallest absolute Gasteiger partial charge is 0.165 e. The second-order valence-electron chi connectivity index (χ2n) is 2.96.